The Labute approximate surface area is 156 Å². The van der Waals surface area contributed by atoms with Crippen LogP contribution in [0.4, 0.5) is 0 Å². The molecular formula is C13H14N2O9S3. The molecular weight excluding hydrogens is 424 g/mol. The molecule has 0 atom stereocenters. The van der Waals surface area contributed by atoms with Crippen LogP contribution >= 0.6 is 0 Å². The number of esters is 1. The van der Waals surface area contributed by atoms with Crippen LogP contribution in [0.1, 0.15) is 6.92 Å². The molecule has 27 heavy (non-hydrogen) atoms. The normalized spacial score (nSPS) is 18.9. The molecule has 0 spiro atoms. The summed E-state index contributed by atoms with van der Waals surface area (Å²) in [5, 5.41) is 18.5. The summed E-state index contributed by atoms with van der Waals surface area (Å²) in [7, 11) is -14.5. The van der Waals surface area contributed by atoms with Crippen LogP contribution < -0.4 is 0 Å². The Morgan fingerprint density at radius 2 is 1.56 bits per heavy atom. The van der Waals surface area contributed by atoms with Crippen LogP contribution in [0.2, 0.25) is 0 Å². The third-order valence-corrected chi connectivity index (χ3v) is 9.08. The van der Waals surface area contributed by atoms with E-state index in [4.69, 9.17) is 4.74 Å². The largest absolute Gasteiger partial charge is 0.462 e. The molecule has 1 aliphatic rings. The second-order valence-electron chi connectivity index (χ2n) is 5.33. The van der Waals surface area contributed by atoms with E-state index in [0.29, 0.717) is 18.8 Å². The van der Waals surface area contributed by atoms with Crippen LogP contribution in [0, 0.1) is 22.7 Å². The Morgan fingerprint density at radius 1 is 1.07 bits per heavy atom. The minimum atomic E-state index is -4.90. The molecule has 0 aromatic heterocycles. The van der Waals surface area contributed by atoms with E-state index >= 15 is 0 Å². The number of hydrogen-bond donors (Lipinski definition) is 0. The first kappa shape index (κ1) is 22.6. The van der Waals surface area contributed by atoms with Gasteiger partial charge in [0.1, 0.15) is 22.6 Å². The molecule has 0 N–H and O–H groups in total. The van der Waals surface area contributed by atoms with Gasteiger partial charge in [0.15, 0.2) is 21.2 Å². The van der Waals surface area contributed by atoms with E-state index < -0.39 is 61.6 Å². The summed E-state index contributed by atoms with van der Waals surface area (Å²) in [5.41, 5.74) is -2.14. The summed E-state index contributed by atoms with van der Waals surface area (Å²) in [4.78, 5) is 10.5. The highest BCUT2D eigenvalue weighted by Gasteiger charge is 2.66. The zero-order chi connectivity index (χ0) is 21.4. The third-order valence-electron chi connectivity index (χ3n) is 3.25. The smallest absolute Gasteiger partial charge is 0.352 e. The topological polar surface area (TPSA) is 186 Å². The van der Waals surface area contributed by atoms with Gasteiger partial charge in [-0.25, -0.2) is 30.0 Å². The highest BCUT2D eigenvalue weighted by atomic mass is 32.3. The Kier molecular flexibility index (Phi) is 5.83. The van der Waals surface area contributed by atoms with E-state index in [9.17, 15) is 40.6 Å². The lowest BCUT2D eigenvalue weighted by Gasteiger charge is -2.26. The number of rotatable bonds is 5. The zero-order valence-corrected chi connectivity index (χ0v) is 17.0. The van der Waals surface area contributed by atoms with Crippen molar-refractivity contribution in [2.75, 3.05) is 25.4 Å². The highest BCUT2D eigenvalue weighted by Crippen LogP contribution is 2.48. The van der Waals surface area contributed by atoms with Gasteiger partial charge < -0.3 is 9.47 Å². The molecule has 0 aromatic rings. The summed E-state index contributed by atoms with van der Waals surface area (Å²) in [5.74, 6) is -2.46. The molecule has 1 heterocycles. The molecule has 0 saturated heterocycles. The molecule has 0 amide bonds. The van der Waals surface area contributed by atoms with E-state index in [1.54, 1.807) is 0 Å². The number of hydrogen-bond acceptors (Lipinski definition) is 11. The molecule has 0 fully saturated rings. The number of sulfone groups is 3. The summed E-state index contributed by atoms with van der Waals surface area (Å²) < 4.78 is 79.8. The molecule has 1 aliphatic heterocycles. The summed E-state index contributed by atoms with van der Waals surface area (Å²) >= 11 is 0. The first-order valence-corrected chi connectivity index (χ1v) is 12.5. The molecule has 148 valence electrons. The maximum atomic E-state index is 12.3. The second kappa shape index (κ2) is 6.95. The van der Waals surface area contributed by atoms with Crippen LogP contribution in [0.15, 0.2) is 21.8 Å². The summed E-state index contributed by atoms with van der Waals surface area (Å²) in [6.07, 6.45) is 1.23. The van der Waals surface area contributed by atoms with Crippen molar-refractivity contribution in [2.24, 2.45) is 0 Å². The molecule has 0 radical (unpaired) electrons. The Hall–Kier alpha value is -2.42. The van der Waals surface area contributed by atoms with E-state index in [0.717, 1.165) is 0 Å². The lowest BCUT2D eigenvalue weighted by Crippen LogP contribution is -2.48. The Balaban J connectivity index is 4.32. The quantitative estimate of drug-likeness (QED) is 0.289. The molecule has 0 unspecified atom stereocenters. The first-order valence-electron chi connectivity index (χ1n) is 6.85. The average Bonchev–Trinajstić information content (AvgIpc) is 2.84. The lowest BCUT2D eigenvalue weighted by atomic mass is 10.1. The van der Waals surface area contributed by atoms with Gasteiger partial charge in [-0.1, -0.05) is 0 Å². The second-order valence-corrected chi connectivity index (χ2v) is 11.8. The van der Waals surface area contributed by atoms with Crippen molar-refractivity contribution in [3.63, 3.8) is 0 Å². The number of allylic oxidation sites excluding steroid dienone is 1. The van der Waals surface area contributed by atoms with Crippen molar-refractivity contribution >= 4 is 35.5 Å². The average molecular weight is 438 g/mol. The van der Waals surface area contributed by atoms with Crippen molar-refractivity contribution in [1.29, 1.82) is 10.5 Å². The standard InChI is InChI=1S/C13H14N2O9S3/c1-5-23-12(16)9(7-15)10-8(6-14)11(25(2,17)18)13(24-10,26(3,19)20)27(4,21)22/h5H2,1-4H3/b10-9-. The van der Waals surface area contributed by atoms with Crippen molar-refractivity contribution in [3.8, 4) is 12.1 Å². The zero-order valence-electron chi connectivity index (χ0n) is 14.5. The van der Waals surface area contributed by atoms with E-state index in [-0.39, 0.29) is 6.61 Å². The first-order chi connectivity index (χ1) is 12.1. The Morgan fingerprint density at radius 3 is 1.85 bits per heavy atom. The molecule has 1 rings (SSSR count). The van der Waals surface area contributed by atoms with E-state index in [1.807, 2.05) is 0 Å². The predicted octanol–water partition coefficient (Wildman–Crippen LogP) is -1.08. The van der Waals surface area contributed by atoms with Crippen LogP contribution in [-0.4, -0.2) is 60.9 Å². The monoisotopic (exact) mass is 438 g/mol. The van der Waals surface area contributed by atoms with Gasteiger partial charge in [-0.2, -0.15) is 10.5 Å². The molecule has 0 aromatic carbocycles. The number of ether oxygens (including phenoxy) is 2. The van der Waals surface area contributed by atoms with Crippen molar-refractivity contribution in [2.45, 2.75) is 11.2 Å². The third kappa shape index (κ3) is 3.55. The fourth-order valence-corrected chi connectivity index (χ4v) is 8.70. The lowest BCUT2D eigenvalue weighted by molar-refractivity contribution is -0.138. The molecule has 0 bridgehead atoms. The fourth-order valence-electron chi connectivity index (χ4n) is 2.33. The number of nitriles is 2. The fraction of sp³-hybridized carbons (Fsp3) is 0.462. The van der Waals surface area contributed by atoms with Crippen LogP contribution in [-0.2, 0) is 43.8 Å². The maximum Gasteiger partial charge on any atom is 0.352 e. The van der Waals surface area contributed by atoms with Gasteiger partial charge in [-0.3, -0.25) is 0 Å². The number of carbonyl (C=O) groups excluding carboxylic acids is 1. The SMILES string of the molecule is CCOC(=O)/C(C#N)=C1\OC(S(C)(=O)=O)(S(C)(=O)=O)C(S(C)(=O)=O)=C1C#N. The predicted molar refractivity (Wildman–Crippen MR) is 90.3 cm³/mol. The van der Waals surface area contributed by atoms with E-state index in [2.05, 4.69) is 4.74 Å². The van der Waals surface area contributed by atoms with Gasteiger partial charge in [0.05, 0.1) is 6.61 Å². The molecule has 14 heteroatoms. The van der Waals surface area contributed by atoms with Crippen LogP contribution in [0.25, 0.3) is 0 Å². The Bertz CT molecular complexity index is 1130. The minimum Gasteiger partial charge on any atom is -0.462 e. The van der Waals surface area contributed by atoms with Gasteiger partial charge in [0.2, 0.25) is 19.7 Å². The van der Waals surface area contributed by atoms with Crippen molar-refractivity contribution in [3.05, 3.63) is 21.8 Å². The van der Waals surface area contributed by atoms with Gasteiger partial charge in [0, 0.05) is 18.8 Å². The summed E-state index contributed by atoms with van der Waals surface area (Å²) in [6.45, 7) is 1.17. The van der Waals surface area contributed by atoms with Crippen LogP contribution in [0.5, 0.6) is 0 Å². The van der Waals surface area contributed by atoms with Gasteiger partial charge >= 0.3 is 10.2 Å². The maximum absolute atomic E-state index is 12.3. The van der Waals surface area contributed by atoms with Crippen molar-refractivity contribution in [1.82, 2.24) is 0 Å². The van der Waals surface area contributed by atoms with Crippen LogP contribution in [0.3, 0.4) is 0 Å². The summed E-state index contributed by atoms with van der Waals surface area (Å²) in [6, 6.07) is 2.63. The highest BCUT2D eigenvalue weighted by molar-refractivity contribution is 8.11. The number of nitrogens with zero attached hydrogens (tertiary/aromatic N) is 2. The van der Waals surface area contributed by atoms with Gasteiger partial charge in [-0.05, 0) is 6.92 Å². The van der Waals surface area contributed by atoms with Gasteiger partial charge in [-0.15, -0.1) is 0 Å². The van der Waals surface area contributed by atoms with E-state index in [1.165, 1.54) is 19.1 Å². The molecule has 11 nitrogen and oxygen atoms in total. The number of carbonyl (C=O) groups is 1. The molecule has 0 aliphatic carbocycles. The molecule has 0 saturated carbocycles. The van der Waals surface area contributed by atoms with Crippen molar-refractivity contribution < 1.29 is 39.5 Å². The van der Waals surface area contributed by atoms with Gasteiger partial charge in [0.25, 0.3) is 0 Å². The minimum absolute atomic E-state index is 0.217.